The van der Waals surface area contributed by atoms with E-state index in [1.54, 1.807) is 19.1 Å². The number of fused-ring (bicyclic) bond motifs is 1. The third-order valence-corrected chi connectivity index (χ3v) is 5.91. The van der Waals surface area contributed by atoms with Crippen molar-refractivity contribution in [1.29, 1.82) is 0 Å². The Bertz CT molecular complexity index is 1100. The summed E-state index contributed by atoms with van der Waals surface area (Å²) in [5, 5.41) is 13.6. The molecule has 1 aromatic heterocycles. The highest BCUT2D eigenvalue weighted by atomic mass is 79.9. The normalized spacial score (nSPS) is 12.1. The van der Waals surface area contributed by atoms with Gasteiger partial charge in [0.05, 0.1) is 29.3 Å². The van der Waals surface area contributed by atoms with Gasteiger partial charge in [-0.3, -0.25) is 14.2 Å². The first-order valence-electron chi connectivity index (χ1n) is 9.77. The zero-order valence-corrected chi connectivity index (χ0v) is 19.3. The maximum Gasteiger partial charge on any atom is 0.262 e. The van der Waals surface area contributed by atoms with Crippen LogP contribution in [0.25, 0.3) is 10.9 Å². The fraction of sp³-hybridized carbons (Fsp3) is 0.318. The van der Waals surface area contributed by atoms with Gasteiger partial charge in [0.1, 0.15) is 0 Å². The Labute approximate surface area is 187 Å². The first kappa shape index (κ1) is 22.5. The zero-order valence-electron chi connectivity index (χ0n) is 16.9. The number of rotatable bonds is 8. The number of amides is 1. The number of aliphatic hydroxyl groups excluding tert-OH is 1. The van der Waals surface area contributed by atoms with Gasteiger partial charge in [-0.1, -0.05) is 53.2 Å². The van der Waals surface area contributed by atoms with Crippen molar-refractivity contribution < 1.29 is 9.90 Å². The van der Waals surface area contributed by atoms with Gasteiger partial charge in [0.25, 0.3) is 5.56 Å². The van der Waals surface area contributed by atoms with Crippen LogP contribution in [0.1, 0.15) is 25.8 Å². The Morgan fingerprint density at radius 1 is 1.27 bits per heavy atom. The van der Waals surface area contributed by atoms with Crippen LogP contribution in [0, 0.1) is 0 Å². The Kier molecular flexibility index (Phi) is 7.69. The van der Waals surface area contributed by atoms with Crippen LogP contribution in [-0.4, -0.2) is 32.4 Å². The molecule has 30 heavy (non-hydrogen) atoms. The Hall–Kier alpha value is -2.16. The number of aryl methyl sites for hydroxylation is 1. The van der Waals surface area contributed by atoms with E-state index in [1.165, 1.54) is 21.9 Å². The van der Waals surface area contributed by atoms with Crippen molar-refractivity contribution in [2.75, 3.05) is 11.1 Å². The third kappa shape index (κ3) is 5.71. The van der Waals surface area contributed by atoms with E-state index in [-0.39, 0.29) is 23.8 Å². The predicted octanol–water partition coefficient (Wildman–Crippen LogP) is 4.22. The summed E-state index contributed by atoms with van der Waals surface area (Å²) in [5.41, 5.74) is 2.29. The van der Waals surface area contributed by atoms with Crippen molar-refractivity contribution >= 4 is 50.2 Å². The van der Waals surface area contributed by atoms with Gasteiger partial charge in [-0.25, -0.2) is 4.98 Å². The number of carbonyl (C=O) groups excluding carboxylic acids is 1. The molecule has 1 atom stereocenters. The van der Waals surface area contributed by atoms with Crippen LogP contribution in [-0.2, 0) is 17.8 Å². The highest BCUT2D eigenvalue weighted by Crippen LogP contribution is 2.21. The van der Waals surface area contributed by atoms with Crippen LogP contribution in [0.2, 0.25) is 0 Å². The molecular formula is C22H24BrN3O3S. The lowest BCUT2D eigenvalue weighted by molar-refractivity contribution is -0.113. The van der Waals surface area contributed by atoms with Crippen molar-refractivity contribution in [2.45, 2.75) is 44.5 Å². The monoisotopic (exact) mass is 489 g/mol. The molecule has 2 aromatic carbocycles. The lowest BCUT2D eigenvalue weighted by atomic mass is 10.1. The van der Waals surface area contributed by atoms with Gasteiger partial charge in [-0.2, -0.15) is 0 Å². The molecule has 0 radical (unpaired) electrons. The molecule has 6 nitrogen and oxygen atoms in total. The number of hydrogen-bond donors (Lipinski definition) is 2. The molecule has 3 aromatic rings. The molecule has 3 rings (SSSR count). The van der Waals surface area contributed by atoms with E-state index < -0.39 is 6.10 Å². The topological polar surface area (TPSA) is 84.2 Å². The van der Waals surface area contributed by atoms with E-state index in [0.29, 0.717) is 16.1 Å². The SMILES string of the molecule is CCCc1ccc(NC(=O)CSc2nc3ccc(Br)cc3c(=O)n2CC(C)O)cc1. The van der Waals surface area contributed by atoms with Crippen LogP contribution < -0.4 is 10.9 Å². The second-order valence-electron chi connectivity index (χ2n) is 7.10. The summed E-state index contributed by atoms with van der Waals surface area (Å²) in [6.45, 7) is 3.85. The molecule has 0 saturated carbocycles. The van der Waals surface area contributed by atoms with Crippen molar-refractivity contribution in [2.24, 2.45) is 0 Å². The molecule has 0 aliphatic heterocycles. The lowest BCUT2D eigenvalue weighted by Gasteiger charge is -2.14. The number of halogens is 1. The van der Waals surface area contributed by atoms with E-state index in [1.807, 2.05) is 30.3 Å². The first-order chi connectivity index (χ1) is 14.4. The van der Waals surface area contributed by atoms with E-state index in [4.69, 9.17) is 0 Å². The Balaban J connectivity index is 1.77. The van der Waals surface area contributed by atoms with Gasteiger partial charge in [0, 0.05) is 10.2 Å². The van der Waals surface area contributed by atoms with E-state index in [2.05, 4.69) is 33.2 Å². The van der Waals surface area contributed by atoms with E-state index in [0.717, 1.165) is 23.0 Å². The van der Waals surface area contributed by atoms with E-state index in [9.17, 15) is 14.7 Å². The summed E-state index contributed by atoms with van der Waals surface area (Å²) in [5.74, 6) is -0.0812. The number of aliphatic hydroxyl groups is 1. The molecular weight excluding hydrogens is 466 g/mol. The first-order valence-corrected chi connectivity index (χ1v) is 11.5. The highest BCUT2D eigenvalue weighted by Gasteiger charge is 2.15. The molecule has 1 amide bonds. The summed E-state index contributed by atoms with van der Waals surface area (Å²) >= 11 is 4.55. The van der Waals surface area contributed by atoms with Gasteiger partial charge in [-0.05, 0) is 49.2 Å². The highest BCUT2D eigenvalue weighted by molar-refractivity contribution is 9.10. The summed E-state index contributed by atoms with van der Waals surface area (Å²) in [7, 11) is 0. The van der Waals surface area contributed by atoms with Crippen molar-refractivity contribution in [3.63, 3.8) is 0 Å². The number of nitrogens with zero attached hydrogens (tertiary/aromatic N) is 2. The molecule has 158 valence electrons. The molecule has 2 N–H and O–H groups in total. The van der Waals surface area contributed by atoms with Crippen LogP contribution in [0.15, 0.2) is 56.9 Å². The minimum absolute atomic E-state index is 0.102. The fourth-order valence-electron chi connectivity index (χ4n) is 3.08. The van der Waals surface area contributed by atoms with Crippen molar-refractivity contribution in [3.05, 3.63) is 62.9 Å². The van der Waals surface area contributed by atoms with Crippen LogP contribution >= 0.6 is 27.7 Å². The number of carbonyl (C=O) groups is 1. The van der Waals surface area contributed by atoms with Gasteiger partial charge in [0.2, 0.25) is 5.91 Å². The maximum atomic E-state index is 12.9. The molecule has 0 fully saturated rings. The van der Waals surface area contributed by atoms with Crippen LogP contribution in [0.4, 0.5) is 5.69 Å². The molecule has 0 aliphatic rings. The molecule has 8 heteroatoms. The van der Waals surface area contributed by atoms with E-state index >= 15 is 0 Å². The minimum Gasteiger partial charge on any atom is -0.392 e. The molecule has 0 spiro atoms. The van der Waals surface area contributed by atoms with Crippen LogP contribution in [0.5, 0.6) is 0 Å². The number of aromatic nitrogens is 2. The number of hydrogen-bond acceptors (Lipinski definition) is 5. The Morgan fingerprint density at radius 2 is 2.00 bits per heavy atom. The molecule has 1 heterocycles. The van der Waals surface area contributed by atoms with Gasteiger partial charge < -0.3 is 10.4 Å². The van der Waals surface area contributed by atoms with Crippen molar-refractivity contribution in [1.82, 2.24) is 9.55 Å². The molecule has 0 aliphatic carbocycles. The minimum atomic E-state index is -0.719. The standard InChI is InChI=1S/C22H24BrN3O3S/c1-3-4-15-5-8-17(9-6-15)24-20(28)13-30-22-25-19-10-7-16(23)11-18(19)21(29)26(22)12-14(2)27/h5-11,14,27H,3-4,12-13H2,1-2H3,(H,24,28). The Morgan fingerprint density at radius 3 is 2.67 bits per heavy atom. The number of anilines is 1. The summed E-state index contributed by atoms with van der Waals surface area (Å²) in [4.78, 5) is 29.9. The average Bonchev–Trinajstić information content (AvgIpc) is 2.71. The largest absolute Gasteiger partial charge is 0.392 e. The van der Waals surface area contributed by atoms with Gasteiger partial charge in [0.15, 0.2) is 5.16 Å². The number of benzene rings is 2. The van der Waals surface area contributed by atoms with Gasteiger partial charge >= 0.3 is 0 Å². The molecule has 0 bridgehead atoms. The molecule has 1 unspecified atom stereocenters. The smallest absolute Gasteiger partial charge is 0.262 e. The second-order valence-corrected chi connectivity index (χ2v) is 8.96. The maximum absolute atomic E-state index is 12.9. The van der Waals surface area contributed by atoms with Crippen LogP contribution in [0.3, 0.4) is 0 Å². The average molecular weight is 490 g/mol. The van der Waals surface area contributed by atoms with Crippen molar-refractivity contribution in [3.8, 4) is 0 Å². The second kappa shape index (κ2) is 10.2. The zero-order chi connectivity index (χ0) is 21.7. The summed E-state index contributed by atoms with van der Waals surface area (Å²) in [6.07, 6.45) is 1.37. The summed E-state index contributed by atoms with van der Waals surface area (Å²) < 4.78 is 2.21. The number of thioether (sulfide) groups is 1. The fourth-order valence-corrected chi connectivity index (χ4v) is 4.25. The van der Waals surface area contributed by atoms with Gasteiger partial charge in [-0.15, -0.1) is 0 Å². The number of nitrogens with one attached hydrogen (secondary N) is 1. The molecule has 0 saturated heterocycles. The predicted molar refractivity (Wildman–Crippen MR) is 125 cm³/mol. The summed E-state index contributed by atoms with van der Waals surface area (Å²) in [6, 6.07) is 13.1. The quantitative estimate of drug-likeness (QED) is 0.365. The third-order valence-electron chi connectivity index (χ3n) is 4.44. The lowest BCUT2D eigenvalue weighted by Crippen LogP contribution is -2.28.